The number of benzene rings is 1. The first-order valence-electron chi connectivity index (χ1n) is 8.30. The quantitative estimate of drug-likeness (QED) is 0.843. The molecule has 1 saturated carbocycles. The summed E-state index contributed by atoms with van der Waals surface area (Å²) in [4.78, 5) is 35.4. The van der Waals surface area contributed by atoms with Crippen LogP contribution in [0.3, 0.4) is 0 Å². The number of rotatable bonds is 3. The first kappa shape index (κ1) is 14.9. The number of nitrogens with one attached hydrogen (secondary N) is 2. The third kappa shape index (κ3) is 2.48. The second-order valence-corrected chi connectivity index (χ2v) is 6.44. The lowest BCUT2D eigenvalue weighted by Crippen LogP contribution is -2.39. The highest BCUT2D eigenvalue weighted by molar-refractivity contribution is 5.96. The molecule has 2 aromatic carbocycles. The van der Waals surface area contributed by atoms with Crippen LogP contribution in [0, 0.1) is 0 Å². The Morgan fingerprint density at radius 3 is 2.62 bits per heavy atom. The van der Waals surface area contributed by atoms with Crippen molar-refractivity contribution in [2.75, 3.05) is 17.2 Å². The molecule has 124 valence electrons. The molecule has 0 atom stereocenters. The summed E-state index contributed by atoms with van der Waals surface area (Å²) >= 11 is 0. The molecule has 2 aliphatic rings. The van der Waals surface area contributed by atoms with Crippen LogP contribution in [-0.2, 0) is 4.79 Å². The predicted molar refractivity (Wildman–Crippen MR) is 91.4 cm³/mol. The van der Waals surface area contributed by atoms with Gasteiger partial charge in [-0.1, -0.05) is 25.3 Å². The van der Waals surface area contributed by atoms with Gasteiger partial charge in [-0.3, -0.25) is 14.4 Å². The first-order chi connectivity index (χ1) is 11.6. The van der Waals surface area contributed by atoms with Crippen molar-refractivity contribution in [2.45, 2.75) is 38.1 Å². The van der Waals surface area contributed by atoms with Gasteiger partial charge in [0.2, 0.25) is 10.9 Å². The number of carbonyl (C=O) groups is 1. The average molecular weight is 326 g/mol. The van der Waals surface area contributed by atoms with Crippen LogP contribution in [0.2, 0.25) is 0 Å². The number of fused-ring (bicyclic) bond motifs is 1. The maximum absolute atomic E-state index is 12.1. The van der Waals surface area contributed by atoms with E-state index in [9.17, 15) is 14.4 Å². The molecule has 1 amide bonds. The van der Waals surface area contributed by atoms with Crippen LogP contribution in [-0.4, -0.2) is 18.6 Å². The molecule has 2 aromatic rings. The van der Waals surface area contributed by atoms with Gasteiger partial charge in [-0.2, -0.15) is 0 Å². The van der Waals surface area contributed by atoms with Gasteiger partial charge >= 0.3 is 0 Å². The number of hydrogen-bond donors (Lipinski definition) is 2. The van der Waals surface area contributed by atoms with Gasteiger partial charge in [0.25, 0.3) is 5.91 Å². The Morgan fingerprint density at radius 2 is 1.83 bits per heavy atom. The Morgan fingerprint density at radius 1 is 1.04 bits per heavy atom. The van der Waals surface area contributed by atoms with Crippen LogP contribution >= 0.6 is 0 Å². The molecule has 24 heavy (non-hydrogen) atoms. The highest BCUT2D eigenvalue weighted by Crippen LogP contribution is 2.34. The van der Waals surface area contributed by atoms with E-state index in [2.05, 4.69) is 10.6 Å². The molecule has 6 nitrogen and oxygen atoms in total. The van der Waals surface area contributed by atoms with E-state index in [0.29, 0.717) is 28.3 Å². The van der Waals surface area contributed by atoms with Crippen LogP contribution < -0.4 is 26.2 Å². The third-order valence-corrected chi connectivity index (χ3v) is 4.77. The molecule has 0 unspecified atom stereocenters. The fraction of sp³-hybridized carbons (Fsp3) is 0.389. The van der Waals surface area contributed by atoms with E-state index in [1.165, 1.54) is 6.42 Å². The minimum absolute atomic E-state index is 0.0461. The fourth-order valence-corrected chi connectivity index (χ4v) is 3.49. The van der Waals surface area contributed by atoms with E-state index in [1.54, 1.807) is 18.2 Å². The van der Waals surface area contributed by atoms with Crippen LogP contribution in [0.25, 0.3) is 11.1 Å². The summed E-state index contributed by atoms with van der Waals surface area (Å²) in [5.41, 5.74) is 1.17. The van der Waals surface area contributed by atoms with Crippen molar-refractivity contribution in [3.05, 3.63) is 38.6 Å². The highest BCUT2D eigenvalue weighted by atomic mass is 16.5. The topological polar surface area (TPSA) is 84.5 Å². The number of carbonyl (C=O) groups excluding carboxylic acids is 1. The van der Waals surface area contributed by atoms with E-state index in [0.717, 1.165) is 25.7 Å². The molecule has 1 aliphatic heterocycles. The van der Waals surface area contributed by atoms with Gasteiger partial charge in [0.15, 0.2) is 6.61 Å². The van der Waals surface area contributed by atoms with Crippen LogP contribution in [0.1, 0.15) is 32.1 Å². The van der Waals surface area contributed by atoms with Gasteiger partial charge in [0, 0.05) is 6.04 Å². The Kier molecular flexibility index (Phi) is 3.59. The van der Waals surface area contributed by atoms with Crippen molar-refractivity contribution >= 4 is 17.3 Å². The maximum atomic E-state index is 12.1. The van der Waals surface area contributed by atoms with Crippen molar-refractivity contribution in [3.63, 3.8) is 0 Å². The minimum atomic E-state index is -0.465. The summed E-state index contributed by atoms with van der Waals surface area (Å²) in [7, 11) is 0. The van der Waals surface area contributed by atoms with Gasteiger partial charge in [-0.15, -0.1) is 0 Å². The average Bonchev–Trinajstić information content (AvgIpc) is 2.62. The molecule has 0 bridgehead atoms. The molecular formula is C18H18N2O4. The second kappa shape index (κ2) is 5.78. The molecule has 4 rings (SSSR count). The fourth-order valence-electron chi connectivity index (χ4n) is 3.49. The molecule has 1 heterocycles. The van der Waals surface area contributed by atoms with Crippen molar-refractivity contribution < 1.29 is 9.53 Å². The maximum Gasteiger partial charge on any atom is 0.262 e. The first-order valence-corrected chi connectivity index (χ1v) is 8.30. The molecule has 1 aliphatic carbocycles. The van der Waals surface area contributed by atoms with Crippen molar-refractivity contribution in [2.24, 2.45) is 0 Å². The van der Waals surface area contributed by atoms with Gasteiger partial charge < -0.3 is 15.4 Å². The molecule has 0 saturated heterocycles. The zero-order chi connectivity index (χ0) is 16.7. The molecule has 0 spiro atoms. The summed E-state index contributed by atoms with van der Waals surface area (Å²) in [6.07, 6.45) is 5.57. The molecule has 2 N–H and O–H groups in total. The van der Waals surface area contributed by atoms with E-state index >= 15 is 0 Å². The Bertz CT molecular complexity index is 874. The molecule has 1 fully saturated rings. The van der Waals surface area contributed by atoms with Crippen molar-refractivity contribution in [1.29, 1.82) is 0 Å². The Hall–Kier alpha value is -2.63. The molecule has 0 radical (unpaired) electrons. The van der Waals surface area contributed by atoms with E-state index in [1.807, 2.05) is 0 Å². The number of anilines is 2. The summed E-state index contributed by atoms with van der Waals surface area (Å²) in [5.74, 6) is 0.313. The lowest BCUT2D eigenvalue weighted by Gasteiger charge is -2.26. The molecule has 6 heteroatoms. The minimum Gasteiger partial charge on any atom is -0.482 e. The predicted octanol–water partition coefficient (Wildman–Crippen LogP) is 2.03. The van der Waals surface area contributed by atoms with Crippen LogP contribution in [0.15, 0.2) is 27.8 Å². The number of hydrogen-bond acceptors (Lipinski definition) is 5. The largest absolute Gasteiger partial charge is 0.482 e. The second-order valence-electron chi connectivity index (χ2n) is 6.44. The van der Waals surface area contributed by atoms with Gasteiger partial charge in [0.1, 0.15) is 5.75 Å². The summed E-state index contributed by atoms with van der Waals surface area (Å²) in [5, 5.41) is 5.98. The van der Waals surface area contributed by atoms with Gasteiger partial charge in [-0.05, 0) is 30.5 Å². The lowest BCUT2D eigenvalue weighted by molar-refractivity contribution is -0.118. The Labute approximate surface area is 138 Å². The summed E-state index contributed by atoms with van der Waals surface area (Å²) < 4.78 is 5.39. The monoisotopic (exact) mass is 326 g/mol. The van der Waals surface area contributed by atoms with E-state index in [4.69, 9.17) is 4.74 Å². The normalized spacial score (nSPS) is 17.9. The Balaban J connectivity index is 1.65. The zero-order valence-corrected chi connectivity index (χ0v) is 13.2. The van der Waals surface area contributed by atoms with Crippen molar-refractivity contribution in [3.8, 4) is 16.9 Å². The van der Waals surface area contributed by atoms with E-state index < -0.39 is 10.9 Å². The van der Waals surface area contributed by atoms with Gasteiger partial charge in [-0.25, -0.2) is 0 Å². The van der Waals surface area contributed by atoms with Crippen LogP contribution in [0.5, 0.6) is 5.75 Å². The zero-order valence-electron chi connectivity index (χ0n) is 13.2. The number of amides is 1. The SMILES string of the molecule is O=C1COc2cc(-c3c(NC4CCCCC4)c(=O)c3=O)ccc2N1. The molecule has 0 aromatic heterocycles. The summed E-state index contributed by atoms with van der Waals surface area (Å²) in [6, 6.07) is 5.39. The number of ether oxygens (including phenoxy) is 1. The summed E-state index contributed by atoms with van der Waals surface area (Å²) in [6.45, 7) is -0.0461. The molecular weight excluding hydrogens is 308 g/mol. The van der Waals surface area contributed by atoms with Gasteiger partial charge in [0.05, 0.1) is 16.9 Å². The standard InChI is InChI=1S/C18H18N2O4/c21-14-9-24-13-8-10(6-7-12(13)20-14)15-16(18(23)17(15)22)19-11-4-2-1-3-5-11/h6-8,11,19H,1-5,9H2,(H,20,21). The smallest absolute Gasteiger partial charge is 0.262 e. The van der Waals surface area contributed by atoms with Crippen molar-refractivity contribution in [1.82, 2.24) is 0 Å². The van der Waals surface area contributed by atoms with Crippen LogP contribution in [0.4, 0.5) is 11.4 Å². The third-order valence-electron chi connectivity index (χ3n) is 4.77. The van der Waals surface area contributed by atoms with E-state index in [-0.39, 0.29) is 18.6 Å². The highest BCUT2D eigenvalue weighted by Gasteiger charge is 2.26. The lowest BCUT2D eigenvalue weighted by atomic mass is 9.93.